The molecule has 1 aromatic carbocycles. The van der Waals surface area contributed by atoms with Crippen LogP contribution in [-0.2, 0) is 9.53 Å². The Morgan fingerprint density at radius 2 is 1.83 bits per heavy atom. The standard InChI is InChI=1S/C37H52Cl2O3/c1-22(2)8-7-9-23(3)30-14-15-31-28-12-10-25-20-27(16-18-36(25,5)32(28)17-19-37(30,31)6)42-35(41)24(4)34(40)29-13-11-26(38)21-33(29)39/h10-11,13,21-23,27-28,30-32,34,40H,4,7-9,12,14-20H2,1-3,5-6H3/t23-,27+,28+,30-,31+,32+,34?,36+,37-/m1/s1. The van der Waals surface area contributed by atoms with Crippen LogP contribution in [0.15, 0.2) is 42.0 Å². The van der Waals surface area contributed by atoms with Gasteiger partial charge in [0.1, 0.15) is 12.2 Å². The molecule has 0 amide bonds. The maximum atomic E-state index is 13.0. The molecule has 0 spiro atoms. The Balaban J connectivity index is 1.22. The average molecular weight is 616 g/mol. The number of ether oxygens (including phenoxy) is 1. The highest BCUT2D eigenvalue weighted by molar-refractivity contribution is 6.35. The smallest absolute Gasteiger partial charge is 0.336 e. The summed E-state index contributed by atoms with van der Waals surface area (Å²) in [5.74, 6) is 4.30. The number of hydrogen-bond acceptors (Lipinski definition) is 3. The summed E-state index contributed by atoms with van der Waals surface area (Å²) in [6.07, 6.45) is 14.6. The number of aliphatic hydroxyl groups is 1. The van der Waals surface area contributed by atoms with Gasteiger partial charge in [-0.3, -0.25) is 0 Å². The molecule has 0 aromatic heterocycles. The van der Waals surface area contributed by atoms with E-state index in [4.69, 9.17) is 27.9 Å². The fraction of sp³-hybridized carbons (Fsp3) is 0.703. The lowest BCUT2D eigenvalue weighted by molar-refractivity contribution is -0.148. The van der Waals surface area contributed by atoms with E-state index in [2.05, 4.69) is 47.3 Å². The lowest BCUT2D eigenvalue weighted by atomic mass is 9.47. The predicted molar refractivity (Wildman–Crippen MR) is 173 cm³/mol. The minimum Gasteiger partial charge on any atom is -0.459 e. The van der Waals surface area contributed by atoms with E-state index in [0.29, 0.717) is 21.0 Å². The average Bonchev–Trinajstić information content (AvgIpc) is 3.29. The van der Waals surface area contributed by atoms with Gasteiger partial charge >= 0.3 is 5.97 Å². The molecule has 5 heteroatoms. The van der Waals surface area contributed by atoms with Crippen molar-refractivity contribution in [2.75, 3.05) is 0 Å². The molecule has 1 unspecified atom stereocenters. The van der Waals surface area contributed by atoms with E-state index < -0.39 is 12.1 Å². The van der Waals surface area contributed by atoms with Gasteiger partial charge in [-0.1, -0.05) is 101 Å². The summed E-state index contributed by atoms with van der Waals surface area (Å²) < 4.78 is 5.95. The van der Waals surface area contributed by atoms with Gasteiger partial charge in [-0.15, -0.1) is 0 Å². The van der Waals surface area contributed by atoms with Crippen LogP contribution in [0.3, 0.4) is 0 Å². The van der Waals surface area contributed by atoms with E-state index in [-0.39, 0.29) is 17.1 Å². The van der Waals surface area contributed by atoms with Crippen LogP contribution in [0.5, 0.6) is 0 Å². The Hall–Kier alpha value is -1.29. The maximum absolute atomic E-state index is 13.0. The van der Waals surface area contributed by atoms with Gasteiger partial charge in [0, 0.05) is 22.0 Å². The molecule has 1 aromatic rings. The summed E-state index contributed by atoms with van der Waals surface area (Å²) in [5.41, 5.74) is 2.58. The molecule has 4 aliphatic rings. The summed E-state index contributed by atoms with van der Waals surface area (Å²) in [5, 5.41) is 11.6. The molecule has 9 atom stereocenters. The van der Waals surface area contributed by atoms with E-state index in [1.807, 2.05) is 0 Å². The second kappa shape index (κ2) is 12.6. The first-order valence-electron chi connectivity index (χ1n) is 16.6. The van der Waals surface area contributed by atoms with Crippen LogP contribution < -0.4 is 0 Å². The summed E-state index contributed by atoms with van der Waals surface area (Å²) in [4.78, 5) is 13.0. The van der Waals surface area contributed by atoms with Crippen molar-refractivity contribution in [3.63, 3.8) is 0 Å². The second-order valence-corrected chi connectivity index (χ2v) is 16.0. The van der Waals surface area contributed by atoms with Crippen molar-refractivity contribution in [3.8, 4) is 0 Å². The van der Waals surface area contributed by atoms with Crippen molar-refractivity contribution in [2.45, 2.75) is 117 Å². The van der Waals surface area contributed by atoms with Crippen molar-refractivity contribution in [2.24, 2.45) is 46.3 Å². The Morgan fingerprint density at radius 1 is 1.07 bits per heavy atom. The Labute approximate surface area is 264 Å². The summed E-state index contributed by atoms with van der Waals surface area (Å²) in [7, 11) is 0. The van der Waals surface area contributed by atoms with Gasteiger partial charge < -0.3 is 9.84 Å². The van der Waals surface area contributed by atoms with E-state index in [1.54, 1.807) is 18.2 Å². The van der Waals surface area contributed by atoms with Crippen molar-refractivity contribution in [3.05, 3.63) is 57.6 Å². The fourth-order valence-electron chi connectivity index (χ4n) is 10.0. The highest BCUT2D eigenvalue weighted by Gasteiger charge is 2.59. The number of rotatable bonds is 9. The van der Waals surface area contributed by atoms with Crippen LogP contribution in [0.2, 0.25) is 10.0 Å². The van der Waals surface area contributed by atoms with Gasteiger partial charge in [0.2, 0.25) is 0 Å². The molecule has 3 saturated carbocycles. The number of aliphatic hydroxyl groups excluding tert-OH is 1. The topological polar surface area (TPSA) is 46.5 Å². The monoisotopic (exact) mass is 614 g/mol. The van der Waals surface area contributed by atoms with Crippen LogP contribution in [0, 0.1) is 46.3 Å². The first-order chi connectivity index (χ1) is 19.8. The van der Waals surface area contributed by atoms with Crippen LogP contribution in [0.25, 0.3) is 0 Å². The number of carbonyl (C=O) groups excluding carboxylic acids is 1. The molecule has 3 fully saturated rings. The lowest BCUT2D eigenvalue weighted by Crippen LogP contribution is -2.51. The van der Waals surface area contributed by atoms with Gasteiger partial charge in [0.25, 0.3) is 0 Å². The zero-order valence-corrected chi connectivity index (χ0v) is 27.9. The first kappa shape index (κ1) is 32.1. The van der Waals surface area contributed by atoms with Crippen molar-refractivity contribution >= 4 is 29.2 Å². The molecule has 3 nitrogen and oxygen atoms in total. The molecule has 5 rings (SSSR count). The molecule has 0 radical (unpaired) electrons. The van der Waals surface area contributed by atoms with E-state index >= 15 is 0 Å². The van der Waals surface area contributed by atoms with Crippen LogP contribution in [-0.4, -0.2) is 17.2 Å². The molecule has 4 aliphatic carbocycles. The Morgan fingerprint density at radius 3 is 2.55 bits per heavy atom. The van der Waals surface area contributed by atoms with E-state index in [9.17, 15) is 9.90 Å². The van der Waals surface area contributed by atoms with Crippen molar-refractivity contribution in [1.29, 1.82) is 0 Å². The number of fused-ring (bicyclic) bond motifs is 5. The van der Waals surface area contributed by atoms with Crippen molar-refractivity contribution in [1.82, 2.24) is 0 Å². The zero-order chi connectivity index (χ0) is 30.4. The zero-order valence-electron chi connectivity index (χ0n) is 26.4. The van der Waals surface area contributed by atoms with Crippen LogP contribution >= 0.6 is 23.2 Å². The summed E-state index contributed by atoms with van der Waals surface area (Å²) in [6.45, 7) is 16.3. The number of benzene rings is 1. The number of hydrogen-bond donors (Lipinski definition) is 1. The SMILES string of the molecule is C=C(C(=O)O[C@H]1CC[C@@]2(C)C(=CC[C@H]3[C@@H]4CC[C@H]([C@H](C)CCCC(C)C)[C@@]4(C)CC[C@@H]32)C1)C(O)c1ccc(Cl)cc1Cl. The number of allylic oxidation sites excluding steroid dienone is 1. The van der Waals surface area contributed by atoms with Gasteiger partial charge in [-0.25, -0.2) is 4.79 Å². The predicted octanol–water partition coefficient (Wildman–Crippen LogP) is 10.5. The molecular weight excluding hydrogens is 563 g/mol. The second-order valence-electron chi connectivity index (χ2n) is 15.2. The summed E-state index contributed by atoms with van der Waals surface area (Å²) in [6, 6.07) is 4.82. The van der Waals surface area contributed by atoms with E-state index in [1.165, 1.54) is 56.9 Å². The number of carbonyl (C=O) groups is 1. The van der Waals surface area contributed by atoms with Crippen LogP contribution in [0.4, 0.5) is 0 Å². The molecule has 0 saturated heterocycles. The largest absolute Gasteiger partial charge is 0.459 e. The Bertz CT molecular complexity index is 1210. The summed E-state index contributed by atoms with van der Waals surface area (Å²) >= 11 is 12.3. The molecule has 0 heterocycles. The normalized spacial score (nSPS) is 35.5. The Kier molecular flexibility index (Phi) is 9.64. The molecular formula is C37H52Cl2O3. The lowest BCUT2D eigenvalue weighted by Gasteiger charge is -2.58. The maximum Gasteiger partial charge on any atom is 0.336 e. The molecule has 0 aliphatic heterocycles. The molecule has 42 heavy (non-hydrogen) atoms. The van der Waals surface area contributed by atoms with Gasteiger partial charge in [-0.2, -0.15) is 0 Å². The minimum absolute atomic E-state index is 0.00559. The van der Waals surface area contributed by atoms with Gasteiger partial charge in [0.15, 0.2) is 0 Å². The third-order valence-electron chi connectivity index (χ3n) is 12.4. The highest BCUT2D eigenvalue weighted by Crippen LogP contribution is 2.67. The quantitative estimate of drug-likeness (QED) is 0.171. The molecule has 0 bridgehead atoms. The fourth-order valence-corrected chi connectivity index (χ4v) is 10.5. The minimum atomic E-state index is -1.23. The van der Waals surface area contributed by atoms with Gasteiger partial charge in [0.05, 0.1) is 5.57 Å². The van der Waals surface area contributed by atoms with Gasteiger partial charge in [-0.05, 0) is 103 Å². The van der Waals surface area contributed by atoms with E-state index in [0.717, 1.165) is 54.8 Å². The highest BCUT2D eigenvalue weighted by atomic mass is 35.5. The molecule has 232 valence electrons. The van der Waals surface area contributed by atoms with Crippen molar-refractivity contribution < 1.29 is 14.6 Å². The molecule has 1 N–H and O–H groups in total. The third-order valence-corrected chi connectivity index (χ3v) is 12.9. The number of halogens is 2. The third kappa shape index (κ3) is 6.01. The first-order valence-corrected chi connectivity index (χ1v) is 17.3. The van der Waals surface area contributed by atoms with Crippen LogP contribution in [0.1, 0.15) is 117 Å². The number of esters is 1.